The fraction of sp³-hybridized carbons (Fsp3) is 0.615. The fourth-order valence-corrected chi connectivity index (χ4v) is 2.99. The predicted octanol–water partition coefficient (Wildman–Crippen LogP) is 1.41. The molecule has 2 fully saturated rings. The number of fused-ring (bicyclic) bond motifs is 1. The van der Waals surface area contributed by atoms with E-state index in [0.717, 1.165) is 25.4 Å². The standard InChI is InChI=1S/C13H18N2O2/c1-9-11(4-6-17-9)13(16)15-7-10-3-2-5-14-12(10)8-15/h4,6,10,12,14H,2-3,5,7-8H2,1H3. The number of furan rings is 1. The van der Waals surface area contributed by atoms with Crippen LogP contribution >= 0.6 is 0 Å². The minimum atomic E-state index is 0.118. The van der Waals surface area contributed by atoms with Gasteiger partial charge in [0, 0.05) is 19.1 Å². The monoisotopic (exact) mass is 234 g/mol. The van der Waals surface area contributed by atoms with Gasteiger partial charge in [0.15, 0.2) is 0 Å². The van der Waals surface area contributed by atoms with Gasteiger partial charge in [0.05, 0.1) is 11.8 Å². The lowest BCUT2D eigenvalue weighted by Crippen LogP contribution is -2.41. The molecule has 1 amide bonds. The van der Waals surface area contributed by atoms with Crippen LogP contribution in [0.4, 0.5) is 0 Å². The number of amides is 1. The third-order valence-corrected chi connectivity index (χ3v) is 3.98. The van der Waals surface area contributed by atoms with Gasteiger partial charge >= 0.3 is 0 Å². The van der Waals surface area contributed by atoms with Crippen LogP contribution in [0.5, 0.6) is 0 Å². The van der Waals surface area contributed by atoms with E-state index in [-0.39, 0.29) is 5.91 Å². The maximum atomic E-state index is 12.3. The summed E-state index contributed by atoms with van der Waals surface area (Å²) in [5.74, 6) is 1.48. The van der Waals surface area contributed by atoms with Gasteiger partial charge in [-0.1, -0.05) is 0 Å². The number of aryl methyl sites for hydroxylation is 1. The second kappa shape index (κ2) is 4.18. The van der Waals surface area contributed by atoms with Gasteiger partial charge in [0.25, 0.3) is 5.91 Å². The summed E-state index contributed by atoms with van der Waals surface area (Å²) in [6.45, 7) is 4.66. The average molecular weight is 234 g/mol. The van der Waals surface area contributed by atoms with Crippen molar-refractivity contribution in [3.8, 4) is 0 Å². The molecule has 0 bridgehead atoms. The van der Waals surface area contributed by atoms with E-state index in [9.17, 15) is 4.79 Å². The van der Waals surface area contributed by atoms with Crippen molar-refractivity contribution in [1.29, 1.82) is 0 Å². The van der Waals surface area contributed by atoms with Gasteiger partial charge in [-0.3, -0.25) is 4.79 Å². The van der Waals surface area contributed by atoms with Gasteiger partial charge in [-0.15, -0.1) is 0 Å². The number of hydrogen-bond acceptors (Lipinski definition) is 3. The minimum Gasteiger partial charge on any atom is -0.469 e. The lowest BCUT2D eigenvalue weighted by atomic mass is 9.94. The summed E-state index contributed by atoms with van der Waals surface area (Å²) in [4.78, 5) is 14.3. The van der Waals surface area contributed by atoms with Crippen molar-refractivity contribution in [3.05, 3.63) is 23.7 Å². The normalized spacial score (nSPS) is 28.2. The number of hydrogen-bond donors (Lipinski definition) is 1. The summed E-state index contributed by atoms with van der Waals surface area (Å²) in [6, 6.07) is 2.27. The fourth-order valence-electron chi connectivity index (χ4n) is 2.99. The average Bonchev–Trinajstić information content (AvgIpc) is 2.93. The Labute approximate surface area is 101 Å². The topological polar surface area (TPSA) is 45.5 Å². The van der Waals surface area contributed by atoms with Crippen LogP contribution in [0.1, 0.15) is 29.0 Å². The third kappa shape index (κ3) is 1.86. The summed E-state index contributed by atoms with van der Waals surface area (Å²) in [5, 5.41) is 3.51. The molecule has 1 aromatic heterocycles. The number of nitrogens with one attached hydrogen (secondary N) is 1. The number of piperidine rings is 1. The molecule has 17 heavy (non-hydrogen) atoms. The molecule has 2 atom stereocenters. The molecule has 2 unspecified atom stereocenters. The molecule has 1 N–H and O–H groups in total. The molecule has 3 rings (SSSR count). The first-order chi connectivity index (χ1) is 8.25. The highest BCUT2D eigenvalue weighted by molar-refractivity contribution is 5.95. The lowest BCUT2D eigenvalue weighted by Gasteiger charge is -2.24. The van der Waals surface area contributed by atoms with Crippen LogP contribution in [0, 0.1) is 12.8 Å². The Kier molecular flexibility index (Phi) is 2.67. The summed E-state index contributed by atoms with van der Waals surface area (Å²) in [7, 11) is 0. The van der Waals surface area contributed by atoms with E-state index < -0.39 is 0 Å². The summed E-state index contributed by atoms with van der Waals surface area (Å²) in [6.07, 6.45) is 4.06. The quantitative estimate of drug-likeness (QED) is 0.799. The zero-order valence-corrected chi connectivity index (χ0v) is 10.1. The van der Waals surface area contributed by atoms with Crippen molar-refractivity contribution >= 4 is 5.91 Å². The molecule has 0 saturated carbocycles. The first-order valence-electron chi connectivity index (χ1n) is 6.32. The molecule has 1 aromatic rings. The smallest absolute Gasteiger partial charge is 0.257 e. The predicted molar refractivity (Wildman–Crippen MR) is 63.9 cm³/mol. The van der Waals surface area contributed by atoms with Crippen LogP contribution in [0.15, 0.2) is 16.7 Å². The molecule has 2 aliphatic heterocycles. The van der Waals surface area contributed by atoms with Crippen molar-refractivity contribution in [2.24, 2.45) is 5.92 Å². The Morgan fingerprint density at radius 3 is 3.12 bits per heavy atom. The largest absolute Gasteiger partial charge is 0.469 e. The van der Waals surface area contributed by atoms with E-state index in [1.54, 1.807) is 12.3 Å². The maximum Gasteiger partial charge on any atom is 0.257 e. The van der Waals surface area contributed by atoms with Crippen molar-refractivity contribution in [3.63, 3.8) is 0 Å². The van der Waals surface area contributed by atoms with E-state index in [1.165, 1.54) is 12.8 Å². The summed E-state index contributed by atoms with van der Waals surface area (Å²) >= 11 is 0. The zero-order chi connectivity index (χ0) is 11.8. The zero-order valence-electron chi connectivity index (χ0n) is 10.1. The highest BCUT2D eigenvalue weighted by atomic mass is 16.3. The van der Waals surface area contributed by atoms with Crippen LogP contribution in [-0.4, -0.2) is 36.5 Å². The molecule has 0 aliphatic carbocycles. The van der Waals surface area contributed by atoms with Gasteiger partial charge in [-0.2, -0.15) is 0 Å². The molecule has 2 aliphatic rings. The molecule has 0 spiro atoms. The van der Waals surface area contributed by atoms with Gasteiger partial charge in [-0.05, 0) is 38.3 Å². The van der Waals surface area contributed by atoms with E-state index in [1.807, 2.05) is 11.8 Å². The van der Waals surface area contributed by atoms with Crippen LogP contribution in [0.3, 0.4) is 0 Å². The van der Waals surface area contributed by atoms with Gasteiger partial charge in [0.1, 0.15) is 5.76 Å². The Hall–Kier alpha value is -1.29. The Bertz CT molecular complexity index is 413. The number of carbonyl (C=O) groups excluding carboxylic acids is 1. The molecule has 0 aromatic carbocycles. The molecule has 2 saturated heterocycles. The highest BCUT2D eigenvalue weighted by Crippen LogP contribution is 2.26. The lowest BCUT2D eigenvalue weighted by molar-refractivity contribution is 0.0784. The first kappa shape index (κ1) is 10.8. The van der Waals surface area contributed by atoms with Crippen LogP contribution in [0.2, 0.25) is 0 Å². The SMILES string of the molecule is Cc1occc1C(=O)N1CC2CCCNC2C1. The van der Waals surface area contributed by atoms with E-state index >= 15 is 0 Å². The van der Waals surface area contributed by atoms with Gasteiger partial charge < -0.3 is 14.6 Å². The molecular formula is C13H18N2O2. The van der Waals surface area contributed by atoms with Crippen LogP contribution in [0.25, 0.3) is 0 Å². The Balaban J connectivity index is 1.74. The molecular weight excluding hydrogens is 216 g/mol. The molecule has 92 valence electrons. The second-order valence-electron chi connectivity index (χ2n) is 5.06. The summed E-state index contributed by atoms with van der Waals surface area (Å²) in [5.41, 5.74) is 0.712. The second-order valence-corrected chi connectivity index (χ2v) is 5.06. The number of rotatable bonds is 1. The van der Waals surface area contributed by atoms with E-state index in [0.29, 0.717) is 17.5 Å². The van der Waals surface area contributed by atoms with Crippen LogP contribution < -0.4 is 5.32 Å². The Morgan fingerprint density at radius 2 is 2.41 bits per heavy atom. The van der Waals surface area contributed by atoms with Gasteiger partial charge in [-0.25, -0.2) is 0 Å². The van der Waals surface area contributed by atoms with E-state index in [2.05, 4.69) is 5.32 Å². The van der Waals surface area contributed by atoms with Crippen molar-refractivity contribution < 1.29 is 9.21 Å². The Morgan fingerprint density at radius 1 is 1.53 bits per heavy atom. The molecule has 0 radical (unpaired) electrons. The summed E-state index contributed by atoms with van der Waals surface area (Å²) < 4.78 is 5.20. The molecule has 4 heteroatoms. The number of likely N-dealkylation sites (tertiary alicyclic amines) is 1. The maximum absolute atomic E-state index is 12.3. The molecule has 4 nitrogen and oxygen atoms in total. The van der Waals surface area contributed by atoms with Crippen LogP contribution in [-0.2, 0) is 0 Å². The number of nitrogens with zero attached hydrogens (tertiary/aromatic N) is 1. The van der Waals surface area contributed by atoms with Crippen molar-refractivity contribution in [2.45, 2.75) is 25.8 Å². The van der Waals surface area contributed by atoms with Gasteiger partial charge in [0.2, 0.25) is 0 Å². The number of carbonyl (C=O) groups is 1. The first-order valence-corrected chi connectivity index (χ1v) is 6.32. The van der Waals surface area contributed by atoms with Crippen molar-refractivity contribution in [2.75, 3.05) is 19.6 Å². The van der Waals surface area contributed by atoms with Crippen molar-refractivity contribution in [1.82, 2.24) is 10.2 Å². The van der Waals surface area contributed by atoms with E-state index in [4.69, 9.17) is 4.42 Å². The minimum absolute atomic E-state index is 0.118. The third-order valence-electron chi connectivity index (χ3n) is 3.98. The highest BCUT2D eigenvalue weighted by Gasteiger charge is 2.37. The molecule has 3 heterocycles.